The molecule has 140 valence electrons. The number of sulfonamides is 1. The number of hydrogen-bond donors (Lipinski definition) is 0. The van der Waals surface area contributed by atoms with Gasteiger partial charge in [0.1, 0.15) is 5.75 Å². The Morgan fingerprint density at radius 1 is 1.04 bits per heavy atom. The van der Waals surface area contributed by atoms with E-state index < -0.39 is 10.0 Å². The molecule has 0 aromatic heterocycles. The molecule has 0 saturated heterocycles. The molecule has 7 heteroatoms. The van der Waals surface area contributed by atoms with Gasteiger partial charge in [0, 0.05) is 24.3 Å². The number of amides is 1. The fourth-order valence-electron chi connectivity index (χ4n) is 2.66. The number of likely N-dealkylation sites (N-methyl/N-ethyl adjacent to an activating group) is 1. The van der Waals surface area contributed by atoms with Crippen molar-refractivity contribution in [2.24, 2.45) is 0 Å². The summed E-state index contributed by atoms with van der Waals surface area (Å²) in [5.74, 6) is 0.308. The fraction of sp³-hybridized carbons (Fsp3) is 0.316. The second-order valence-electron chi connectivity index (χ2n) is 5.82. The van der Waals surface area contributed by atoms with Crippen LogP contribution in [-0.4, -0.2) is 45.1 Å². The largest absolute Gasteiger partial charge is 0.496 e. The maximum absolute atomic E-state index is 12.8. The third kappa shape index (κ3) is 5.06. The molecular formula is C19H24N2O4S. The van der Waals surface area contributed by atoms with E-state index in [0.29, 0.717) is 17.9 Å². The van der Waals surface area contributed by atoms with Gasteiger partial charge in [-0.05, 0) is 25.1 Å². The van der Waals surface area contributed by atoms with Crippen molar-refractivity contribution in [3.05, 3.63) is 60.2 Å². The molecule has 0 bridgehead atoms. The molecule has 0 aliphatic heterocycles. The van der Waals surface area contributed by atoms with Crippen LogP contribution < -0.4 is 9.64 Å². The topological polar surface area (TPSA) is 66.9 Å². The van der Waals surface area contributed by atoms with Crippen molar-refractivity contribution in [1.82, 2.24) is 4.31 Å². The Labute approximate surface area is 155 Å². The summed E-state index contributed by atoms with van der Waals surface area (Å²) in [5, 5.41) is 0. The van der Waals surface area contributed by atoms with Crippen LogP contribution in [0.2, 0.25) is 0 Å². The van der Waals surface area contributed by atoms with E-state index >= 15 is 0 Å². The summed E-state index contributed by atoms with van der Waals surface area (Å²) in [7, 11) is -2.05. The molecule has 0 spiro atoms. The Balaban J connectivity index is 2.24. The van der Waals surface area contributed by atoms with Gasteiger partial charge >= 0.3 is 0 Å². The SMILES string of the molecule is CCN(C(=O)CN(Cc1ccccc1OC)S(C)(=O)=O)c1ccccc1. The minimum absolute atomic E-state index is 0.0704. The second-order valence-corrected chi connectivity index (χ2v) is 7.80. The zero-order valence-electron chi connectivity index (χ0n) is 15.3. The summed E-state index contributed by atoms with van der Waals surface area (Å²) in [6.07, 6.45) is 1.11. The summed E-state index contributed by atoms with van der Waals surface area (Å²) < 4.78 is 30.9. The number of nitrogens with zero attached hydrogens (tertiary/aromatic N) is 2. The number of rotatable bonds is 8. The molecule has 2 aromatic rings. The summed E-state index contributed by atoms with van der Waals surface area (Å²) in [5.41, 5.74) is 1.45. The third-order valence-electron chi connectivity index (χ3n) is 4.01. The lowest BCUT2D eigenvalue weighted by atomic mass is 10.2. The summed E-state index contributed by atoms with van der Waals surface area (Å²) in [4.78, 5) is 14.3. The molecule has 2 aromatic carbocycles. The van der Waals surface area contributed by atoms with Crippen molar-refractivity contribution in [2.75, 3.05) is 31.4 Å². The van der Waals surface area contributed by atoms with E-state index in [1.807, 2.05) is 49.4 Å². The van der Waals surface area contributed by atoms with Gasteiger partial charge in [0.2, 0.25) is 15.9 Å². The molecule has 0 fully saturated rings. The van der Waals surface area contributed by atoms with Crippen LogP contribution in [0.3, 0.4) is 0 Å². The third-order valence-corrected chi connectivity index (χ3v) is 5.20. The molecule has 1 amide bonds. The lowest BCUT2D eigenvalue weighted by Gasteiger charge is -2.26. The number of carbonyl (C=O) groups excluding carboxylic acids is 1. The van der Waals surface area contributed by atoms with Gasteiger partial charge < -0.3 is 9.64 Å². The lowest BCUT2D eigenvalue weighted by Crippen LogP contribution is -2.42. The first kappa shape index (κ1) is 19.9. The Morgan fingerprint density at radius 2 is 1.65 bits per heavy atom. The Bertz CT molecular complexity index is 838. The van der Waals surface area contributed by atoms with Crippen molar-refractivity contribution in [3.63, 3.8) is 0 Å². The standard InChI is InChI=1S/C19H24N2O4S/c1-4-21(17-11-6-5-7-12-17)19(22)15-20(26(3,23)24)14-16-10-8-9-13-18(16)25-2/h5-13H,4,14-15H2,1-3H3. The highest BCUT2D eigenvalue weighted by Gasteiger charge is 2.24. The van der Waals surface area contributed by atoms with Crippen molar-refractivity contribution in [1.29, 1.82) is 0 Å². The zero-order chi connectivity index (χ0) is 19.2. The molecule has 6 nitrogen and oxygen atoms in total. The van der Waals surface area contributed by atoms with Crippen LogP contribution in [0.15, 0.2) is 54.6 Å². The van der Waals surface area contributed by atoms with Gasteiger partial charge in [-0.1, -0.05) is 36.4 Å². The first-order valence-electron chi connectivity index (χ1n) is 8.29. The van der Waals surface area contributed by atoms with Crippen molar-refractivity contribution < 1.29 is 17.9 Å². The summed E-state index contributed by atoms with van der Waals surface area (Å²) in [6.45, 7) is 2.14. The molecule has 0 heterocycles. The Hall–Kier alpha value is -2.38. The van der Waals surface area contributed by atoms with Crippen molar-refractivity contribution >= 4 is 21.6 Å². The Kier molecular flexibility index (Phi) is 6.76. The van der Waals surface area contributed by atoms with E-state index in [1.165, 1.54) is 11.4 Å². The van der Waals surface area contributed by atoms with Crippen LogP contribution in [0.25, 0.3) is 0 Å². The highest BCUT2D eigenvalue weighted by atomic mass is 32.2. The summed E-state index contributed by atoms with van der Waals surface area (Å²) in [6, 6.07) is 16.4. The first-order chi connectivity index (χ1) is 12.4. The molecule has 0 N–H and O–H groups in total. The molecule has 2 rings (SSSR count). The van der Waals surface area contributed by atoms with Gasteiger partial charge in [-0.3, -0.25) is 4.79 Å². The predicted molar refractivity (Wildman–Crippen MR) is 103 cm³/mol. The highest BCUT2D eigenvalue weighted by molar-refractivity contribution is 7.88. The summed E-state index contributed by atoms with van der Waals surface area (Å²) >= 11 is 0. The number of methoxy groups -OCH3 is 1. The molecule has 0 saturated carbocycles. The van der Waals surface area contributed by atoms with Gasteiger partial charge in [-0.15, -0.1) is 0 Å². The van der Waals surface area contributed by atoms with Crippen LogP contribution in [0.5, 0.6) is 5.75 Å². The number of ether oxygens (including phenoxy) is 1. The van der Waals surface area contributed by atoms with E-state index in [0.717, 1.165) is 11.9 Å². The minimum Gasteiger partial charge on any atom is -0.496 e. The molecule has 0 unspecified atom stereocenters. The smallest absolute Gasteiger partial charge is 0.242 e. The van der Waals surface area contributed by atoms with Gasteiger partial charge in [-0.25, -0.2) is 8.42 Å². The fourth-order valence-corrected chi connectivity index (χ4v) is 3.38. The van der Waals surface area contributed by atoms with Crippen LogP contribution in [-0.2, 0) is 21.4 Å². The molecular weight excluding hydrogens is 352 g/mol. The molecule has 26 heavy (non-hydrogen) atoms. The quantitative estimate of drug-likeness (QED) is 0.710. The van der Waals surface area contributed by atoms with Crippen LogP contribution >= 0.6 is 0 Å². The van der Waals surface area contributed by atoms with E-state index in [-0.39, 0.29) is 19.0 Å². The van der Waals surface area contributed by atoms with E-state index in [1.54, 1.807) is 17.0 Å². The van der Waals surface area contributed by atoms with Gasteiger partial charge in [0.15, 0.2) is 0 Å². The van der Waals surface area contributed by atoms with Crippen molar-refractivity contribution in [2.45, 2.75) is 13.5 Å². The second kappa shape index (κ2) is 8.82. The number of hydrogen-bond acceptors (Lipinski definition) is 4. The minimum atomic E-state index is -3.58. The van der Waals surface area contributed by atoms with E-state index in [2.05, 4.69) is 0 Å². The molecule has 0 aliphatic carbocycles. The normalized spacial score (nSPS) is 11.4. The molecule has 0 atom stereocenters. The highest BCUT2D eigenvalue weighted by Crippen LogP contribution is 2.21. The zero-order valence-corrected chi connectivity index (χ0v) is 16.1. The maximum Gasteiger partial charge on any atom is 0.242 e. The predicted octanol–water partition coefficient (Wildman–Crippen LogP) is 2.51. The van der Waals surface area contributed by atoms with Crippen LogP contribution in [0.4, 0.5) is 5.69 Å². The van der Waals surface area contributed by atoms with E-state index in [4.69, 9.17) is 4.74 Å². The van der Waals surface area contributed by atoms with E-state index in [9.17, 15) is 13.2 Å². The van der Waals surface area contributed by atoms with Crippen LogP contribution in [0.1, 0.15) is 12.5 Å². The van der Waals surface area contributed by atoms with Gasteiger partial charge in [-0.2, -0.15) is 4.31 Å². The average molecular weight is 376 g/mol. The first-order valence-corrected chi connectivity index (χ1v) is 10.1. The Morgan fingerprint density at radius 3 is 2.23 bits per heavy atom. The number of anilines is 1. The lowest BCUT2D eigenvalue weighted by molar-refractivity contribution is -0.118. The average Bonchev–Trinajstić information content (AvgIpc) is 2.62. The maximum atomic E-state index is 12.8. The molecule has 0 aliphatic rings. The van der Waals surface area contributed by atoms with Crippen molar-refractivity contribution in [3.8, 4) is 5.75 Å². The number of benzene rings is 2. The van der Waals surface area contributed by atoms with Gasteiger partial charge in [0.05, 0.1) is 19.9 Å². The number of para-hydroxylation sites is 2. The van der Waals surface area contributed by atoms with Gasteiger partial charge in [0.25, 0.3) is 0 Å². The molecule has 0 radical (unpaired) electrons. The van der Waals surface area contributed by atoms with Crippen LogP contribution in [0, 0.1) is 0 Å². The monoisotopic (exact) mass is 376 g/mol. The number of carbonyl (C=O) groups is 1.